The number of rotatable bonds is 4. The van der Waals surface area contributed by atoms with Crippen molar-refractivity contribution >= 4 is 22.6 Å². The second-order valence-electron chi connectivity index (χ2n) is 4.31. The Morgan fingerprint density at radius 2 is 1.58 bits per heavy atom. The van der Waals surface area contributed by atoms with Crippen LogP contribution in [0.4, 0.5) is 0 Å². The molecular weight excluding hydrogens is 355 g/mol. The van der Waals surface area contributed by atoms with E-state index in [1.807, 2.05) is 18.2 Å². The summed E-state index contributed by atoms with van der Waals surface area (Å²) in [5.41, 5.74) is 2.27. The quantitative estimate of drug-likeness (QED) is 0.770. The largest absolute Gasteiger partial charge is 0.454 e. The first-order chi connectivity index (χ1) is 9.31. The van der Waals surface area contributed by atoms with Crippen LogP contribution in [0, 0.1) is 3.57 Å². The molecule has 4 heteroatoms. The molecule has 0 fully saturated rings. The highest BCUT2D eigenvalue weighted by Crippen LogP contribution is 2.32. The molecule has 2 aromatic carbocycles. The van der Waals surface area contributed by atoms with E-state index in [0.29, 0.717) is 20.0 Å². The summed E-state index contributed by atoms with van der Waals surface area (Å²) in [7, 11) is 0. The minimum absolute atomic E-state index is 0.308. The van der Waals surface area contributed by atoms with Crippen LogP contribution in [0.2, 0.25) is 0 Å². The fraction of sp³-hybridized carbons (Fsp3) is 0.200. The van der Waals surface area contributed by atoms with Gasteiger partial charge in [0.25, 0.3) is 0 Å². The summed E-state index contributed by atoms with van der Waals surface area (Å²) >= 11 is 2.29. The predicted molar refractivity (Wildman–Crippen MR) is 80.2 cm³/mol. The van der Waals surface area contributed by atoms with E-state index in [4.69, 9.17) is 14.2 Å². The van der Waals surface area contributed by atoms with Crippen molar-refractivity contribution in [1.82, 2.24) is 0 Å². The maximum atomic E-state index is 5.71. The highest BCUT2D eigenvalue weighted by molar-refractivity contribution is 14.1. The standard InChI is InChI=1S/C15H13IO3/c16-13-4-1-11(2-5-13)8-17-9-12-3-6-14-15(7-12)19-10-18-14/h1-7H,8-10H2. The van der Waals surface area contributed by atoms with Gasteiger partial charge in [0, 0.05) is 3.57 Å². The molecule has 0 amide bonds. The molecule has 0 bridgehead atoms. The van der Waals surface area contributed by atoms with E-state index in [9.17, 15) is 0 Å². The zero-order valence-corrected chi connectivity index (χ0v) is 12.4. The van der Waals surface area contributed by atoms with Gasteiger partial charge in [0.05, 0.1) is 13.2 Å². The average Bonchev–Trinajstić information content (AvgIpc) is 2.88. The highest BCUT2D eigenvalue weighted by Gasteiger charge is 2.12. The zero-order valence-electron chi connectivity index (χ0n) is 10.3. The molecule has 19 heavy (non-hydrogen) atoms. The van der Waals surface area contributed by atoms with Crippen molar-refractivity contribution in [3.63, 3.8) is 0 Å². The van der Waals surface area contributed by atoms with Crippen molar-refractivity contribution < 1.29 is 14.2 Å². The molecule has 0 saturated carbocycles. The van der Waals surface area contributed by atoms with Gasteiger partial charge in [0.2, 0.25) is 6.79 Å². The lowest BCUT2D eigenvalue weighted by atomic mass is 10.2. The molecule has 0 atom stereocenters. The zero-order chi connectivity index (χ0) is 13.1. The molecule has 98 valence electrons. The van der Waals surface area contributed by atoms with E-state index < -0.39 is 0 Å². The van der Waals surface area contributed by atoms with Gasteiger partial charge in [-0.1, -0.05) is 18.2 Å². The second-order valence-corrected chi connectivity index (χ2v) is 5.55. The lowest BCUT2D eigenvalue weighted by Gasteiger charge is -2.06. The van der Waals surface area contributed by atoms with E-state index in [2.05, 4.69) is 46.9 Å². The van der Waals surface area contributed by atoms with Crippen molar-refractivity contribution in [2.75, 3.05) is 6.79 Å². The van der Waals surface area contributed by atoms with Crippen LogP contribution in [0.5, 0.6) is 11.5 Å². The van der Waals surface area contributed by atoms with Gasteiger partial charge >= 0.3 is 0 Å². The van der Waals surface area contributed by atoms with Gasteiger partial charge in [-0.25, -0.2) is 0 Å². The molecule has 0 N–H and O–H groups in total. The molecule has 3 rings (SSSR count). The summed E-state index contributed by atoms with van der Waals surface area (Å²) in [4.78, 5) is 0. The van der Waals surface area contributed by atoms with Crippen molar-refractivity contribution in [2.24, 2.45) is 0 Å². The van der Waals surface area contributed by atoms with Crippen LogP contribution in [-0.4, -0.2) is 6.79 Å². The summed E-state index contributed by atoms with van der Waals surface area (Å²) in [5, 5.41) is 0. The van der Waals surface area contributed by atoms with Crippen molar-refractivity contribution in [3.05, 3.63) is 57.2 Å². The molecule has 0 unspecified atom stereocenters. The van der Waals surface area contributed by atoms with Crippen LogP contribution in [0.15, 0.2) is 42.5 Å². The summed E-state index contributed by atoms with van der Waals surface area (Å²) in [5.74, 6) is 1.61. The lowest BCUT2D eigenvalue weighted by molar-refractivity contribution is 0.107. The van der Waals surface area contributed by atoms with E-state index in [-0.39, 0.29) is 0 Å². The first-order valence-electron chi connectivity index (χ1n) is 6.02. The molecule has 0 radical (unpaired) electrons. The number of fused-ring (bicyclic) bond motifs is 1. The Labute approximate surface area is 125 Å². The Morgan fingerprint density at radius 3 is 2.42 bits per heavy atom. The minimum atomic E-state index is 0.308. The fourth-order valence-electron chi connectivity index (χ4n) is 1.90. The van der Waals surface area contributed by atoms with Gasteiger partial charge in [0.15, 0.2) is 11.5 Å². The fourth-order valence-corrected chi connectivity index (χ4v) is 2.26. The van der Waals surface area contributed by atoms with Crippen LogP contribution in [0.3, 0.4) is 0 Å². The topological polar surface area (TPSA) is 27.7 Å². The molecule has 1 aliphatic rings. The summed E-state index contributed by atoms with van der Waals surface area (Å²) < 4.78 is 17.6. The Bertz CT molecular complexity index is 566. The number of hydrogen-bond donors (Lipinski definition) is 0. The van der Waals surface area contributed by atoms with Gasteiger partial charge < -0.3 is 14.2 Å². The van der Waals surface area contributed by atoms with Gasteiger partial charge in [0.1, 0.15) is 0 Å². The summed E-state index contributed by atoms with van der Waals surface area (Å²) in [6.45, 7) is 1.50. The predicted octanol–water partition coefficient (Wildman–Crippen LogP) is 3.74. The number of ether oxygens (including phenoxy) is 3. The molecule has 2 aromatic rings. The second kappa shape index (κ2) is 5.79. The van der Waals surface area contributed by atoms with Crippen LogP contribution in [0.25, 0.3) is 0 Å². The lowest BCUT2D eigenvalue weighted by Crippen LogP contribution is -1.94. The molecule has 0 aromatic heterocycles. The maximum absolute atomic E-state index is 5.71. The molecule has 1 aliphatic heterocycles. The third-order valence-corrected chi connectivity index (χ3v) is 3.61. The normalized spacial score (nSPS) is 12.7. The Morgan fingerprint density at radius 1 is 0.895 bits per heavy atom. The number of benzene rings is 2. The van der Waals surface area contributed by atoms with Crippen molar-refractivity contribution in [2.45, 2.75) is 13.2 Å². The molecule has 0 aliphatic carbocycles. The van der Waals surface area contributed by atoms with E-state index in [0.717, 1.165) is 17.1 Å². The summed E-state index contributed by atoms with van der Waals surface area (Å²) in [6, 6.07) is 14.2. The average molecular weight is 368 g/mol. The Kier molecular flexibility index (Phi) is 3.89. The number of halogens is 1. The van der Waals surface area contributed by atoms with Crippen LogP contribution >= 0.6 is 22.6 Å². The van der Waals surface area contributed by atoms with Crippen molar-refractivity contribution in [3.8, 4) is 11.5 Å². The third-order valence-electron chi connectivity index (χ3n) is 2.89. The molecule has 3 nitrogen and oxygen atoms in total. The smallest absolute Gasteiger partial charge is 0.231 e. The summed E-state index contributed by atoms with van der Waals surface area (Å²) in [6.07, 6.45) is 0. The maximum Gasteiger partial charge on any atom is 0.231 e. The van der Waals surface area contributed by atoms with Crippen LogP contribution in [0.1, 0.15) is 11.1 Å². The van der Waals surface area contributed by atoms with E-state index in [1.165, 1.54) is 9.13 Å². The number of hydrogen-bond acceptors (Lipinski definition) is 3. The van der Waals surface area contributed by atoms with Gasteiger partial charge in [-0.05, 0) is 58.0 Å². The molecule has 0 spiro atoms. The van der Waals surface area contributed by atoms with Gasteiger partial charge in [-0.3, -0.25) is 0 Å². The monoisotopic (exact) mass is 368 g/mol. The van der Waals surface area contributed by atoms with Gasteiger partial charge in [-0.2, -0.15) is 0 Å². The van der Waals surface area contributed by atoms with E-state index in [1.54, 1.807) is 0 Å². The first-order valence-corrected chi connectivity index (χ1v) is 7.10. The molecule has 0 saturated heterocycles. The molecular formula is C15H13IO3. The Balaban J connectivity index is 1.56. The highest BCUT2D eigenvalue weighted by atomic mass is 127. The first kappa shape index (κ1) is 12.7. The molecule has 1 heterocycles. The van der Waals surface area contributed by atoms with Gasteiger partial charge in [-0.15, -0.1) is 0 Å². The van der Waals surface area contributed by atoms with Crippen molar-refractivity contribution in [1.29, 1.82) is 0 Å². The third kappa shape index (κ3) is 3.19. The Hall–Kier alpha value is -1.27. The minimum Gasteiger partial charge on any atom is -0.454 e. The van der Waals surface area contributed by atoms with E-state index >= 15 is 0 Å². The SMILES string of the molecule is Ic1ccc(COCc2ccc3c(c2)OCO3)cc1. The van der Waals surface area contributed by atoms with Crippen LogP contribution < -0.4 is 9.47 Å². The van der Waals surface area contributed by atoms with Crippen LogP contribution in [-0.2, 0) is 18.0 Å².